The lowest BCUT2D eigenvalue weighted by molar-refractivity contribution is -0.0314. The minimum atomic E-state index is -1.04. The third kappa shape index (κ3) is 4.90. The molecule has 7 heteroatoms. The monoisotopic (exact) mass is 491 g/mol. The number of para-hydroxylation sites is 1. The number of carbonyl (C=O) groups excluding carboxylic acids is 1. The first-order valence-electron chi connectivity index (χ1n) is 12.3. The number of ether oxygens (including phenoxy) is 2. The second-order valence-corrected chi connectivity index (χ2v) is 9.07. The van der Waals surface area contributed by atoms with Crippen LogP contribution in [0.2, 0.25) is 0 Å². The predicted molar refractivity (Wildman–Crippen MR) is 137 cm³/mol. The third-order valence-electron chi connectivity index (χ3n) is 6.80. The molecule has 3 aromatic carbocycles. The van der Waals surface area contributed by atoms with E-state index in [-0.39, 0.29) is 24.0 Å². The number of benzene rings is 3. The molecule has 36 heavy (non-hydrogen) atoms. The molecular formula is C29H33NO6. The number of fused-ring (bicyclic) bond motifs is 3. The fourth-order valence-corrected chi connectivity index (χ4v) is 4.85. The Bertz CT molecular complexity index is 1200. The summed E-state index contributed by atoms with van der Waals surface area (Å²) in [5.74, 6) is -0.0846. The van der Waals surface area contributed by atoms with E-state index in [1.807, 2.05) is 35.2 Å². The van der Waals surface area contributed by atoms with Crippen LogP contribution in [-0.2, 0) is 28.0 Å². The molecule has 2 aliphatic heterocycles. The van der Waals surface area contributed by atoms with Crippen LogP contribution in [0.15, 0.2) is 66.7 Å². The highest BCUT2D eigenvalue weighted by Gasteiger charge is 2.54. The number of phenols is 2. The van der Waals surface area contributed by atoms with Crippen molar-refractivity contribution in [2.24, 2.45) is 0 Å². The van der Waals surface area contributed by atoms with Crippen LogP contribution in [0.25, 0.3) is 0 Å². The van der Waals surface area contributed by atoms with Gasteiger partial charge in [0, 0.05) is 17.7 Å². The molecule has 0 bridgehead atoms. The number of hydrogen-bond acceptors (Lipinski definition) is 7. The van der Waals surface area contributed by atoms with Gasteiger partial charge in [-0.2, -0.15) is 0 Å². The topological polar surface area (TPSA) is 99.5 Å². The molecule has 1 fully saturated rings. The number of hydrogen-bond donors (Lipinski definition) is 3. The number of carbonyl (C=O) groups is 1. The Morgan fingerprint density at radius 3 is 2.53 bits per heavy atom. The number of phenolic OH excluding ortho intramolecular Hbond substituents is 2. The van der Waals surface area contributed by atoms with E-state index in [9.17, 15) is 20.1 Å². The lowest BCUT2D eigenvalue weighted by Gasteiger charge is -2.29. The number of aromatic hydroxyl groups is 2. The number of esters is 1. The summed E-state index contributed by atoms with van der Waals surface area (Å²) < 4.78 is 10.3. The Morgan fingerprint density at radius 2 is 1.81 bits per heavy atom. The normalized spacial score (nSPS) is 19.8. The number of rotatable bonds is 6. The van der Waals surface area contributed by atoms with Crippen molar-refractivity contribution in [3.8, 4) is 11.5 Å². The smallest absolute Gasteiger partial charge is 0.337 e. The molecule has 2 heterocycles. The van der Waals surface area contributed by atoms with E-state index in [1.165, 1.54) is 7.11 Å². The van der Waals surface area contributed by atoms with E-state index in [4.69, 9.17) is 4.74 Å². The first kappa shape index (κ1) is 25.5. The zero-order chi connectivity index (χ0) is 25.7. The molecule has 0 radical (unpaired) electrons. The number of aliphatic hydroxyl groups is 1. The zero-order valence-corrected chi connectivity index (χ0v) is 20.7. The van der Waals surface area contributed by atoms with Gasteiger partial charge in [0.05, 0.1) is 31.4 Å². The standard InChI is InChI=1S/C21H25NO4.C8H8O2/c1-2-3-6-14-9-10-18(23)15(19(14)24)13-22-17-8-5-4-7-16(17)21(25)11-12-26-20(21)22;1-10-8(9)7-5-3-2-4-6-7/h4-5,7-10,20,23-25H,2-3,6,11-13H2,1H3;2-6H,1H3. The first-order chi connectivity index (χ1) is 17.4. The molecule has 0 aromatic heterocycles. The van der Waals surface area contributed by atoms with Crippen molar-refractivity contribution in [1.82, 2.24) is 0 Å². The molecule has 1 saturated heterocycles. The van der Waals surface area contributed by atoms with Crippen LogP contribution in [-0.4, -0.2) is 41.2 Å². The Hall–Kier alpha value is -3.55. The fraction of sp³-hybridized carbons (Fsp3) is 0.345. The highest BCUT2D eigenvalue weighted by molar-refractivity contribution is 5.89. The van der Waals surface area contributed by atoms with E-state index >= 15 is 0 Å². The van der Waals surface area contributed by atoms with E-state index in [2.05, 4.69) is 11.7 Å². The first-order valence-corrected chi connectivity index (χ1v) is 12.3. The molecule has 2 aliphatic rings. The van der Waals surface area contributed by atoms with Gasteiger partial charge in [0.25, 0.3) is 0 Å². The lowest BCUT2D eigenvalue weighted by atomic mass is 9.93. The van der Waals surface area contributed by atoms with Crippen LogP contribution in [0.1, 0.15) is 53.2 Å². The number of methoxy groups -OCH3 is 1. The van der Waals surface area contributed by atoms with Gasteiger partial charge in [0.15, 0.2) is 6.23 Å². The molecule has 3 N–H and O–H groups in total. The van der Waals surface area contributed by atoms with Gasteiger partial charge in [0.2, 0.25) is 0 Å². The maximum absolute atomic E-state index is 11.1. The summed E-state index contributed by atoms with van der Waals surface area (Å²) in [7, 11) is 1.37. The zero-order valence-electron chi connectivity index (χ0n) is 20.7. The molecule has 0 aliphatic carbocycles. The summed E-state index contributed by atoms with van der Waals surface area (Å²) in [4.78, 5) is 12.7. The Kier molecular flexibility index (Phi) is 7.82. The highest BCUT2D eigenvalue weighted by Crippen LogP contribution is 2.50. The van der Waals surface area contributed by atoms with E-state index in [0.29, 0.717) is 24.2 Å². The second-order valence-electron chi connectivity index (χ2n) is 9.07. The van der Waals surface area contributed by atoms with Gasteiger partial charge < -0.3 is 29.7 Å². The van der Waals surface area contributed by atoms with Crippen molar-refractivity contribution >= 4 is 11.7 Å². The summed E-state index contributed by atoms with van der Waals surface area (Å²) in [6, 6.07) is 20.0. The van der Waals surface area contributed by atoms with Crippen LogP contribution >= 0.6 is 0 Å². The summed E-state index contributed by atoms with van der Waals surface area (Å²) in [6.07, 6.45) is 2.84. The maximum atomic E-state index is 11.1. The molecule has 0 saturated carbocycles. The van der Waals surface area contributed by atoms with Crippen LogP contribution in [0, 0.1) is 0 Å². The molecule has 3 aromatic rings. The Balaban J connectivity index is 0.000000256. The van der Waals surface area contributed by atoms with Gasteiger partial charge in [-0.3, -0.25) is 0 Å². The molecule has 5 rings (SSSR count). The fourth-order valence-electron chi connectivity index (χ4n) is 4.85. The van der Waals surface area contributed by atoms with Crippen LogP contribution < -0.4 is 4.90 Å². The summed E-state index contributed by atoms with van der Waals surface area (Å²) in [5.41, 5.74) is 2.61. The minimum Gasteiger partial charge on any atom is -0.507 e. The lowest BCUT2D eigenvalue weighted by Crippen LogP contribution is -2.41. The van der Waals surface area contributed by atoms with Gasteiger partial charge in [-0.05, 0) is 42.7 Å². The Labute approximate surface area is 211 Å². The van der Waals surface area contributed by atoms with Gasteiger partial charge in [-0.25, -0.2) is 4.79 Å². The van der Waals surface area contributed by atoms with E-state index in [1.54, 1.807) is 36.4 Å². The van der Waals surface area contributed by atoms with Crippen LogP contribution in [0.3, 0.4) is 0 Å². The molecule has 2 atom stereocenters. The minimum absolute atomic E-state index is 0.0636. The van der Waals surface area contributed by atoms with Crippen LogP contribution in [0.4, 0.5) is 5.69 Å². The van der Waals surface area contributed by atoms with E-state index < -0.39 is 11.8 Å². The molecule has 190 valence electrons. The van der Waals surface area contributed by atoms with Crippen molar-refractivity contribution in [1.29, 1.82) is 0 Å². The van der Waals surface area contributed by atoms with Crippen LogP contribution in [0.5, 0.6) is 11.5 Å². The third-order valence-corrected chi connectivity index (χ3v) is 6.80. The molecule has 7 nitrogen and oxygen atoms in total. The van der Waals surface area contributed by atoms with Gasteiger partial charge in [-0.15, -0.1) is 0 Å². The maximum Gasteiger partial charge on any atom is 0.337 e. The average Bonchev–Trinajstić information content (AvgIpc) is 3.40. The summed E-state index contributed by atoms with van der Waals surface area (Å²) in [6.45, 7) is 2.87. The SMILES string of the molecule is CCCCc1ccc(O)c(CN2c3ccccc3C3(O)CCOC23)c1O.COC(=O)c1ccccc1. The molecule has 0 amide bonds. The van der Waals surface area contributed by atoms with Crippen molar-refractivity contribution < 1.29 is 29.6 Å². The predicted octanol–water partition coefficient (Wildman–Crippen LogP) is 4.87. The van der Waals surface area contributed by atoms with Crippen molar-refractivity contribution in [2.45, 2.75) is 51.0 Å². The van der Waals surface area contributed by atoms with Crippen molar-refractivity contribution in [3.05, 3.63) is 89.0 Å². The van der Waals surface area contributed by atoms with Gasteiger partial charge in [0.1, 0.15) is 17.1 Å². The number of aryl methyl sites for hydroxylation is 1. The largest absolute Gasteiger partial charge is 0.507 e. The number of unbranched alkanes of at least 4 members (excludes halogenated alkanes) is 1. The molecule has 2 unspecified atom stereocenters. The second kappa shape index (κ2) is 11.0. The van der Waals surface area contributed by atoms with Crippen molar-refractivity contribution in [2.75, 3.05) is 18.6 Å². The Morgan fingerprint density at radius 1 is 1.08 bits per heavy atom. The van der Waals surface area contributed by atoms with Gasteiger partial charge >= 0.3 is 5.97 Å². The number of anilines is 1. The van der Waals surface area contributed by atoms with Crippen molar-refractivity contribution in [3.63, 3.8) is 0 Å². The number of nitrogens with zero attached hydrogens (tertiary/aromatic N) is 1. The summed E-state index contributed by atoms with van der Waals surface area (Å²) in [5, 5.41) is 32.2. The van der Waals surface area contributed by atoms with E-state index in [0.717, 1.165) is 36.1 Å². The average molecular weight is 492 g/mol. The molecular weight excluding hydrogens is 458 g/mol. The highest BCUT2D eigenvalue weighted by atomic mass is 16.5. The quantitative estimate of drug-likeness (QED) is 0.423. The summed E-state index contributed by atoms with van der Waals surface area (Å²) >= 11 is 0. The van der Waals surface area contributed by atoms with Gasteiger partial charge in [-0.1, -0.05) is 55.8 Å². The molecule has 0 spiro atoms.